The second-order valence-electron chi connectivity index (χ2n) is 5.25. The second kappa shape index (κ2) is 6.85. The Labute approximate surface area is 121 Å². The summed E-state index contributed by atoms with van der Waals surface area (Å²) in [5, 5.41) is 2.79. The van der Waals surface area contributed by atoms with Gasteiger partial charge in [0.05, 0.1) is 4.90 Å². The molecule has 1 aromatic carbocycles. The normalized spacial score (nSPS) is 11.9. The van der Waals surface area contributed by atoms with Crippen molar-refractivity contribution in [1.82, 2.24) is 9.62 Å². The molecule has 0 heterocycles. The number of benzene rings is 1. The summed E-state index contributed by atoms with van der Waals surface area (Å²) in [6.45, 7) is 4.74. The van der Waals surface area contributed by atoms with E-state index in [-0.39, 0.29) is 10.8 Å². The summed E-state index contributed by atoms with van der Waals surface area (Å²) < 4.78 is 25.1. The van der Waals surface area contributed by atoms with Crippen LogP contribution >= 0.6 is 0 Å². The Hall–Kier alpha value is -1.40. The quantitative estimate of drug-likeness (QED) is 0.869. The lowest BCUT2D eigenvalue weighted by Crippen LogP contribution is -2.26. The van der Waals surface area contributed by atoms with Gasteiger partial charge in [0, 0.05) is 26.2 Å². The molecule has 0 saturated heterocycles. The Balaban J connectivity index is 2.86. The van der Waals surface area contributed by atoms with Gasteiger partial charge in [-0.05, 0) is 30.5 Å². The molecule has 0 atom stereocenters. The first kappa shape index (κ1) is 16.7. The molecule has 1 rings (SSSR count). The minimum atomic E-state index is -3.51. The molecule has 0 aliphatic rings. The smallest absolute Gasteiger partial charge is 0.251 e. The van der Waals surface area contributed by atoms with Gasteiger partial charge in [0.25, 0.3) is 5.91 Å². The van der Waals surface area contributed by atoms with E-state index in [2.05, 4.69) is 19.2 Å². The van der Waals surface area contributed by atoms with Crippen LogP contribution in [0, 0.1) is 5.92 Å². The Morgan fingerprint density at radius 1 is 1.30 bits per heavy atom. The van der Waals surface area contributed by atoms with E-state index in [1.807, 2.05) is 0 Å². The van der Waals surface area contributed by atoms with Crippen LogP contribution in [-0.4, -0.2) is 39.3 Å². The van der Waals surface area contributed by atoms with Crippen LogP contribution in [0.2, 0.25) is 0 Å². The molecule has 0 fully saturated rings. The van der Waals surface area contributed by atoms with Gasteiger partial charge in [-0.25, -0.2) is 12.7 Å². The van der Waals surface area contributed by atoms with Crippen molar-refractivity contribution < 1.29 is 13.2 Å². The van der Waals surface area contributed by atoms with Crippen LogP contribution in [-0.2, 0) is 10.0 Å². The van der Waals surface area contributed by atoms with E-state index in [9.17, 15) is 13.2 Å². The van der Waals surface area contributed by atoms with Gasteiger partial charge in [-0.1, -0.05) is 19.9 Å². The van der Waals surface area contributed by atoms with E-state index >= 15 is 0 Å². The minimum Gasteiger partial charge on any atom is -0.352 e. The molecule has 0 radical (unpaired) electrons. The molecule has 0 spiro atoms. The molecule has 0 aliphatic heterocycles. The van der Waals surface area contributed by atoms with Crippen LogP contribution in [0.25, 0.3) is 0 Å². The Bertz CT molecular complexity index is 566. The average Bonchev–Trinajstić information content (AvgIpc) is 2.38. The zero-order valence-electron chi connectivity index (χ0n) is 12.4. The molecule has 112 valence electrons. The fourth-order valence-electron chi connectivity index (χ4n) is 1.59. The maximum atomic E-state index is 12.0. The third kappa shape index (κ3) is 4.31. The van der Waals surface area contributed by atoms with Crippen molar-refractivity contribution in [3.8, 4) is 0 Å². The highest BCUT2D eigenvalue weighted by atomic mass is 32.2. The molecule has 0 saturated carbocycles. The standard InChI is InChI=1S/C14H22N2O3S/c1-11(2)8-9-15-14(17)12-6-5-7-13(10-12)20(18,19)16(3)4/h5-7,10-11H,8-9H2,1-4H3,(H,15,17). The summed E-state index contributed by atoms with van der Waals surface area (Å²) in [6.07, 6.45) is 0.890. The molecule has 1 amide bonds. The summed E-state index contributed by atoms with van der Waals surface area (Å²) in [5.41, 5.74) is 0.358. The summed E-state index contributed by atoms with van der Waals surface area (Å²) in [5.74, 6) is 0.261. The molecular formula is C14H22N2O3S. The molecule has 0 aliphatic carbocycles. The predicted octanol–water partition coefficient (Wildman–Crippen LogP) is 1.71. The van der Waals surface area contributed by atoms with Crippen molar-refractivity contribution in [2.24, 2.45) is 5.92 Å². The zero-order chi connectivity index (χ0) is 15.3. The van der Waals surface area contributed by atoms with E-state index in [4.69, 9.17) is 0 Å². The van der Waals surface area contributed by atoms with Gasteiger partial charge in [0.1, 0.15) is 0 Å². The first-order valence-corrected chi connectivity index (χ1v) is 8.00. The molecule has 1 N–H and O–H groups in total. The van der Waals surface area contributed by atoms with Crippen molar-refractivity contribution in [2.45, 2.75) is 25.2 Å². The summed E-state index contributed by atoms with van der Waals surface area (Å²) >= 11 is 0. The van der Waals surface area contributed by atoms with Crippen molar-refractivity contribution in [1.29, 1.82) is 0 Å². The van der Waals surface area contributed by atoms with Gasteiger partial charge < -0.3 is 5.32 Å². The number of rotatable bonds is 6. The van der Waals surface area contributed by atoms with Crippen LogP contribution in [0.5, 0.6) is 0 Å². The van der Waals surface area contributed by atoms with Crippen molar-refractivity contribution in [2.75, 3.05) is 20.6 Å². The number of carbonyl (C=O) groups excluding carboxylic acids is 1. The third-order valence-corrected chi connectivity index (χ3v) is 4.69. The van der Waals surface area contributed by atoms with E-state index < -0.39 is 10.0 Å². The maximum Gasteiger partial charge on any atom is 0.251 e. The van der Waals surface area contributed by atoms with Crippen molar-refractivity contribution in [3.63, 3.8) is 0 Å². The lowest BCUT2D eigenvalue weighted by Gasteiger charge is -2.12. The largest absolute Gasteiger partial charge is 0.352 e. The van der Waals surface area contributed by atoms with E-state index in [1.54, 1.807) is 12.1 Å². The molecule has 6 heteroatoms. The highest BCUT2D eigenvalue weighted by Crippen LogP contribution is 2.14. The van der Waals surface area contributed by atoms with Crippen LogP contribution in [0.15, 0.2) is 29.2 Å². The van der Waals surface area contributed by atoms with Crippen LogP contribution in [0.3, 0.4) is 0 Å². The minimum absolute atomic E-state index is 0.124. The Morgan fingerprint density at radius 3 is 2.50 bits per heavy atom. The number of nitrogens with zero attached hydrogens (tertiary/aromatic N) is 1. The first-order chi connectivity index (χ1) is 9.25. The number of hydrogen-bond acceptors (Lipinski definition) is 3. The van der Waals surface area contributed by atoms with Gasteiger partial charge >= 0.3 is 0 Å². The predicted molar refractivity (Wildman–Crippen MR) is 79.1 cm³/mol. The third-order valence-electron chi connectivity index (χ3n) is 2.88. The molecule has 0 aromatic heterocycles. The second-order valence-corrected chi connectivity index (χ2v) is 7.41. The highest BCUT2D eigenvalue weighted by Gasteiger charge is 2.18. The summed E-state index contributed by atoms with van der Waals surface area (Å²) in [4.78, 5) is 12.1. The lowest BCUT2D eigenvalue weighted by molar-refractivity contribution is 0.0952. The lowest BCUT2D eigenvalue weighted by atomic mass is 10.1. The molecule has 20 heavy (non-hydrogen) atoms. The van der Waals surface area contributed by atoms with Crippen LogP contribution in [0.1, 0.15) is 30.6 Å². The van der Waals surface area contributed by atoms with Crippen molar-refractivity contribution >= 4 is 15.9 Å². The maximum absolute atomic E-state index is 12.0. The number of sulfonamides is 1. The molecule has 0 bridgehead atoms. The topological polar surface area (TPSA) is 66.5 Å². The molecule has 1 aromatic rings. The zero-order valence-corrected chi connectivity index (χ0v) is 13.2. The monoisotopic (exact) mass is 298 g/mol. The number of amides is 1. The highest BCUT2D eigenvalue weighted by molar-refractivity contribution is 7.89. The van der Waals surface area contributed by atoms with Gasteiger partial charge in [-0.15, -0.1) is 0 Å². The van der Waals surface area contributed by atoms with Gasteiger partial charge in [-0.2, -0.15) is 0 Å². The van der Waals surface area contributed by atoms with E-state index in [0.717, 1.165) is 10.7 Å². The number of carbonyl (C=O) groups is 1. The molecule has 0 unspecified atom stereocenters. The first-order valence-electron chi connectivity index (χ1n) is 6.56. The van der Waals surface area contributed by atoms with E-state index in [1.165, 1.54) is 26.2 Å². The van der Waals surface area contributed by atoms with Gasteiger partial charge in [-0.3, -0.25) is 4.79 Å². The summed E-state index contributed by atoms with van der Waals surface area (Å²) in [6, 6.07) is 6.08. The number of nitrogens with one attached hydrogen (secondary N) is 1. The fraction of sp³-hybridized carbons (Fsp3) is 0.500. The van der Waals surface area contributed by atoms with E-state index in [0.29, 0.717) is 18.0 Å². The molecular weight excluding hydrogens is 276 g/mol. The number of hydrogen-bond donors (Lipinski definition) is 1. The summed E-state index contributed by atoms with van der Waals surface area (Å²) in [7, 11) is -0.588. The van der Waals surface area contributed by atoms with Gasteiger partial charge in [0.15, 0.2) is 0 Å². The average molecular weight is 298 g/mol. The van der Waals surface area contributed by atoms with Crippen molar-refractivity contribution in [3.05, 3.63) is 29.8 Å². The SMILES string of the molecule is CC(C)CCNC(=O)c1cccc(S(=O)(=O)N(C)C)c1. The van der Waals surface area contributed by atoms with Crippen LogP contribution < -0.4 is 5.32 Å². The molecule has 5 nitrogen and oxygen atoms in total. The Kier molecular flexibility index (Phi) is 5.71. The Morgan fingerprint density at radius 2 is 1.95 bits per heavy atom. The van der Waals surface area contributed by atoms with Gasteiger partial charge in [0.2, 0.25) is 10.0 Å². The van der Waals surface area contributed by atoms with Crippen LogP contribution in [0.4, 0.5) is 0 Å². The fourth-order valence-corrected chi connectivity index (χ4v) is 2.53.